The van der Waals surface area contributed by atoms with E-state index in [1.54, 1.807) is 18.2 Å². The van der Waals surface area contributed by atoms with Gasteiger partial charge in [-0.3, -0.25) is 14.6 Å². The van der Waals surface area contributed by atoms with E-state index in [-0.39, 0.29) is 41.6 Å². The number of aliphatic imine (C=N–C) groups is 1. The zero-order valence-electron chi connectivity index (χ0n) is 18.9. The summed E-state index contributed by atoms with van der Waals surface area (Å²) in [4.78, 5) is 36.1. The minimum Gasteiger partial charge on any atom is -0.396 e. The number of hydrogen-bond acceptors (Lipinski definition) is 8. The largest absolute Gasteiger partial charge is 0.396 e. The van der Waals surface area contributed by atoms with Crippen LogP contribution in [-0.4, -0.2) is 36.1 Å². The lowest BCUT2D eigenvalue weighted by Crippen LogP contribution is -2.23. The van der Waals surface area contributed by atoms with Crippen molar-refractivity contribution in [1.29, 1.82) is 0 Å². The summed E-state index contributed by atoms with van der Waals surface area (Å²) in [6.07, 6.45) is 4.56. The van der Waals surface area contributed by atoms with Crippen LogP contribution in [0.4, 0.5) is 8.78 Å². The summed E-state index contributed by atoms with van der Waals surface area (Å²) < 4.78 is 35.8. The van der Waals surface area contributed by atoms with Crippen LogP contribution in [0, 0.1) is 11.6 Å². The highest BCUT2D eigenvalue weighted by atomic mass is 19.1. The van der Waals surface area contributed by atoms with Crippen molar-refractivity contribution in [2.24, 2.45) is 23.5 Å². The Morgan fingerprint density at radius 2 is 1.94 bits per heavy atom. The third kappa shape index (κ3) is 5.09. The van der Waals surface area contributed by atoms with E-state index in [4.69, 9.17) is 16.0 Å². The van der Waals surface area contributed by atoms with E-state index in [2.05, 4.69) is 20.1 Å². The number of nitrogens with two attached hydrogens (primary N) is 2. The Balaban J connectivity index is 1.73. The SMILES string of the molecule is Cn1c(=O)c(CC(N)=O)cn1-c1nc(C(N)=CC(=NCc2ccccc2F)c2ccon2)ncc1F. The van der Waals surface area contributed by atoms with Crippen molar-refractivity contribution >= 4 is 17.3 Å². The fourth-order valence-electron chi connectivity index (χ4n) is 3.32. The minimum absolute atomic E-state index is 0.0116. The third-order valence-electron chi connectivity index (χ3n) is 5.11. The first-order valence-electron chi connectivity index (χ1n) is 10.5. The number of primary amides is 1. The van der Waals surface area contributed by atoms with Gasteiger partial charge in [-0.25, -0.2) is 28.1 Å². The molecule has 13 heteroatoms. The van der Waals surface area contributed by atoms with Gasteiger partial charge in [0, 0.05) is 30.4 Å². The molecule has 36 heavy (non-hydrogen) atoms. The molecule has 0 fully saturated rings. The molecule has 0 spiro atoms. The lowest BCUT2D eigenvalue weighted by Gasteiger charge is -2.09. The second-order valence-electron chi connectivity index (χ2n) is 7.61. The Bertz CT molecular complexity index is 1540. The van der Waals surface area contributed by atoms with Gasteiger partial charge in [-0.15, -0.1) is 0 Å². The number of carbonyl (C=O) groups excluding carboxylic acids is 1. The zero-order chi connectivity index (χ0) is 25.8. The van der Waals surface area contributed by atoms with Crippen molar-refractivity contribution in [3.8, 4) is 5.82 Å². The van der Waals surface area contributed by atoms with Crippen molar-refractivity contribution in [3.05, 3.63) is 99.7 Å². The first-order chi connectivity index (χ1) is 17.2. The van der Waals surface area contributed by atoms with Crippen molar-refractivity contribution < 1.29 is 18.1 Å². The van der Waals surface area contributed by atoms with Crippen LogP contribution in [0.1, 0.15) is 22.6 Å². The summed E-state index contributed by atoms with van der Waals surface area (Å²) in [5.74, 6) is -2.33. The number of carbonyl (C=O) groups is 1. The summed E-state index contributed by atoms with van der Waals surface area (Å²) in [6, 6.07) is 7.71. The predicted molar refractivity (Wildman–Crippen MR) is 125 cm³/mol. The summed E-state index contributed by atoms with van der Waals surface area (Å²) in [6.45, 7) is -0.0116. The molecule has 0 radical (unpaired) electrons. The molecule has 4 rings (SSSR count). The molecular weight excluding hydrogens is 474 g/mol. The normalized spacial score (nSPS) is 12.2. The van der Waals surface area contributed by atoms with Crippen molar-refractivity contribution in [3.63, 3.8) is 0 Å². The van der Waals surface area contributed by atoms with Gasteiger partial charge in [-0.1, -0.05) is 23.4 Å². The fourth-order valence-corrected chi connectivity index (χ4v) is 3.32. The van der Waals surface area contributed by atoms with Crippen molar-refractivity contribution in [1.82, 2.24) is 24.5 Å². The van der Waals surface area contributed by atoms with Crippen LogP contribution in [0.5, 0.6) is 0 Å². The number of allylic oxidation sites excluding steroid dienone is 1. The van der Waals surface area contributed by atoms with Gasteiger partial charge in [0.25, 0.3) is 5.56 Å². The highest BCUT2D eigenvalue weighted by Gasteiger charge is 2.18. The Labute approximate surface area is 202 Å². The standard InChI is InChI=1S/C23H20F2N8O3/c1-32-23(35)14(8-20(27)34)12-33(32)22-16(25)11-29-21(30-22)17(26)9-19(18-6-7-36-31-18)28-10-13-4-2-3-5-15(13)24/h2-7,9,11-12H,8,10,26H2,1H3,(H2,27,34). The average molecular weight is 494 g/mol. The maximum absolute atomic E-state index is 14.6. The number of rotatable bonds is 8. The second kappa shape index (κ2) is 10.1. The van der Waals surface area contributed by atoms with Crippen LogP contribution >= 0.6 is 0 Å². The van der Waals surface area contributed by atoms with Crippen LogP contribution in [0.2, 0.25) is 0 Å². The predicted octanol–water partition coefficient (Wildman–Crippen LogP) is 1.25. The van der Waals surface area contributed by atoms with Gasteiger partial charge >= 0.3 is 0 Å². The van der Waals surface area contributed by atoms with Crippen molar-refractivity contribution in [2.75, 3.05) is 0 Å². The van der Waals surface area contributed by atoms with E-state index < -0.39 is 23.1 Å². The maximum atomic E-state index is 14.6. The molecule has 4 aromatic rings. The topological polar surface area (TPSA) is 160 Å². The first kappa shape index (κ1) is 24.2. The molecule has 1 amide bonds. The highest BCUT2D eigenvalue weighted by molar-refractivity contribution is 6.10. The summed E-state index contributed by atoms with van der Waals surface area (Å²) in [7, 11) is 1.38. The molecule has 4 N–H and O–H groups in total. The smallest absolute Gasteiger partial charge is 0.270 e. The number of amides is 1. The average Bonchev–Trinajstić information content (AvgIpc) is 3.47. The van der Waals surface area contributed by atoms with E-state index in [1.165, 1.54) is 37.7 Å². The molecule has 1 aromatic carbocycles. The van der Waals surface area contributed by atoms with Gasteiger partial charge in [-0.05, 0) is 12.1 Å². The molecule has 184 valence electrons. The monoisotopic (exact) mass is 494 g/mol. The number of halogens is 2. The van der Waals surface area contributed by atoms with E-state index in [0.717, 1.165) is 15.6 Å². The van der Waals surface area contributed by atoms with Gasteiger partial charge in [0.1, 0.15) is 17.8 Å². The van der Waals surface area contributed by atoms with Gasteiger partial charge in [0.15, 0.2) is 17.5 Å². The summed E-state index contributed by atoms with van der Waals surface area (Å²) in [5, 5.41) is 3.84. The quantitative estimate of drug-likeness (QED) is 0.349. The molecule has 0 saturated carbocycles. The molecule has 0 atom stereocenters. The maximum Gasteiger partial charge on any atom is 0.270 e. The van der Waals surface area contributed by atoms with Gasteiger partial charge in [0.2, 0.25) is 5.91 Å². The highest BCUT2D eigenvalue weighted by Crippen LogP contribution is 2.15. The molecule has 11 nitrogen and oxygen atoms in total. The molecule has 0 saturated heterocycles. The number of nitrogens with zero attached hydrogens (tertiary/aromatic N) is 6. The molecule has 3 aromatic heterocycles. The third-order valence-corrected chi connectivity index (χ3v) is 5.11. The van der Waals surface area contributed by atoms with E-state index in [9.17, 15) is 18.4 Å². The number of hydrogen-bond donors (Lipinski definition) is 2. The molecule has 3 heterocycles. The lowest BCUT2D eigenvalue weighted by atomic mass is 10.2. The zero-order valence-corrected chi connectivity index (χ0v) is 18.9. The molecule has 0 bridgehead atoms. The van der Waals surface area contributed by atoms with E-state index >= 15 is 0 Å². The molecular formula is C23H20F2N8O3. The van der Waals surface area contributed by atoms with Crippen molar-refractivity contribution in [2.45, 2.75) is 13.0 Å². The minimum atomic E-state index is -0.840. The van der Waals surface area contributed by atoms with Crippen LogP contribution in [0.25, 0.3) is 11.5 Å². The Hall–Kier alpha value is -4.94. The summed E-state index contributed by atoms with van der Waals surface area (Å²) in [5.41, 5.74) is 11.8. The number of aromatic nitrogens is 5. The number of benzene rings is 1. The lowest BCUT2D eigenvalue weighted by molar-refractivity contribution is -0.117. The summed E-state index contributed by atoms with van der Waals surface area (Å²) >= 11 is 0. The molecule has 0 aliphatic heterocycles. The van der Waals surface area contributed by atoms with Crippen LogP contribution in [0.15, 0.2) is 69.4 Å². The van der Waals surface area contributed by atoms with Gasteiger partial charge in [-0.2, -0.15) is 0 Å². The molecule has 0 aliphatic carbocycles. The Kier molecular flexibility index (Phi) is 6.81. The van der Waals surface area contributed by atoms with E-state index in [1.807, 2.05) is 0 Å². The van der Waals surface area contributed by atoms with E-state index in [0.29, 0.717) is 11.3 Å². The second-order valence-corrected chi connectivity index (χ2v) is 7.61. The van der Waals surface area contributed by atoms with Gasteiger partial charge in [0.05, 0.1) is 30.6 Å². The first-order valence-corrected chi connectivity index (χ1v) is 10.5. The fraction of sp³-hybridized carbons (Fsp3) is 0.130. The van der Waals surface area contributed by atoms with Crippen LogP contribution in [0.3, 0.4) is 0 Å². The van der Waals surface area contributed by atoms with Crippen LogP contribution in [-0.2, 0) is 24.8 Å². The van der Waals surface area contributed by atoms with Gasteiger partial charge < -0.3 is 16.0 Å². The molecule has 0 aliphatic rings. The Morgan fingerprint density at radius 3 is 2.64 bits per heavy atom. The molecule has 0 unspecified atom stereocenters. The van der Waals surface area contributed by atoms with Crippen LogP contribution < -0.4 is 17.0 Å². The Morgan fingerprint density at radius 1 is 1.17 bits per heavy atom.